The molecule has 3 aromatic carbocycles. The van der Waals surface area contributed by atoms with Crippen LogP contribution in [0, 0.1) is 5.92 Å². The van der Waals surface area contributed by atoms with Gasteiger partial charge in [-0.15, -0.1) is 0 Å². The third kappa shape index (κ3) is 10.5. The lowest BCUT2D eigenvalue weighted by Gasteiger charge is -2.34. The van der Waals surface area contributed by atoms with E-state index in [1.54, 1.807) is 6.07 Å². The Balaban J connectivity index is 1.26. The highest BCUT2D eigenvalue weighted by Gasteiger charge is 2.28. The summed E-state index contributed by atoms with van der Waals surface area (Å²) in [7, 11) is 2.93. The van der Waals surface area contributed by atoms with Crippen LogP contribution in [-0.2, 0) is 17.6 Å². The Morgan fingerprint density at radius 2 is 1.59 bits per heavy atom. The van der Waals surface area contributed by atoms with Crippen LogP contribution >= 0.6 is 0 Å². The minimum Gasteiger partial charge on any atom is -0.504 e. The smallest absolute Gasteiger partial charge is 0.224 e. The van der Waals surface area contributed by atoms with E-state index in [0.717, 1.165) is 57.9 Å². The summed E-state index contributed by atoms with van der Waals surface area (Å²) in [5.74, 6) is 0.865. The van der Waals surface area contributed by atoms with Crippen LogP contribution in [0.25, 0.3) is 0 Å². The molecule has 8 nitrogen and oxygen atoms in total. The number of nitrogens with one attached hydrogen (secondary N) is 1. The number of piperidine rings is 1. The predicted octanol–water partition coefficient (Wildman–Crippen LogP) is 5.39. The number of phenols is 1. The van der Waals surface area contributed by atoms with E-state index in [0.29, 0.717) is 24.6 Å². The number of β-amino-alcohol motifs (C(OH)–C–C–N with tert-alkyl or cyclic N) is 1. The van der Waals surface area contributed by atoms with Crippen molar-refractivity contribution in [3.05, 3.63) is 83.9 Å². The van der Waals surface area contributed by atoms with E-state index in [4.69, 9.17) is 14.2 Å². The summed E-state index contributed by atoms with van der Waals surface area (Å²) in [6, 6.07) is 24.2. The molecule has 0 aromatic heterocycles. The number of phenolic OH excluding ortho intramolecular Hbond substituents is 1. The van der Waals surface area contributed by atoms with Crippen molar-refractivity contribution in [1.82, 2.24) is 10.2 Å². The lowest BCUT2D eigenvalue weighted by molar-refractivity contribution is -0.127. The lowest BCUT2D eigenvalue weighted by atomic mass is 9.94. The number of hydrogen-bond donors (Lipinski definition) is 3. The van der Waals surface area contributed by atoms with Crippen LogP contribution in [0.15, 0.2) is 72.8 Å². The standard InChI is InChI=1S/C36H48N2O6/c1-42-34-23-32(22-33(40)35(34)43-2)44-26-31(39)25-38-21-11-18-29(24-38)36(41)37-30(19-9-16-27-12-5-3-6-13-27)20-10-17-28-14-7-4-8-15-28/h3-8,12-15,22-23,29-31,39-40H,9-11,16-21,24-26H2,1-2H3,(H,37,41). The van der Waals surface area contributed by atoms with E-state index in [1.807, 2.05) is 12.1 Å². The van der Waals surface area contributed by atoms with Crippen molar-refractivity contribution < 1.29 is 29.2 Å². The number of carbonyl (C=O) groups is 1. The van der Waals surface area contributed by atoms with Gasteiger partial charge >= 0.3 is 0 Å². The van der Waals surface area contributed by atoms with Gasteiger partial charge in [-0.2, -0.15) is 0 Å². The molecule has 0 spiro atoms. The summed E-state index contributed by atoms with van der Waals surface area (Å²) in [6.45, 7) is 1.89. The van der Waals surface area contributed by atoms with Crippen LogP contribution in [0.2, 0.25) is 0 Å². The molecule has 1 aliphatic rings. The fourth-order valence-electron chi connectivity index (χ4n) is 5.98. The number of hydrogen-bond acceptors (Lipinski definition) is 7. The monoisotopic (exact) mass is 604 g/mol. The van der Waals surface area contributed by atoms with E-state index in [2.05, 4.69) is 58.7 Å². The maximum atomic E-state index is 13.5. The number of amides is 1. The van der Waals surface area contributed by atoms with Crippen LogP contribution < -0.4 is 19.5 Å². The second-order valence-electron chi connectivity index (χ2n) is 11.7. The van der Waals surface area contributed by atoms with Gasteiger partial charge in [0.1, 0.15) is 18.5 Å². The highest BCUT2D eigenvalue weighted by molar-refractivity contribution is 5.79. The quantitative estimate of drug-likeness (QED) is 0.190. The first-order chi connectivity index (χ1) is 21.4. The number of aliphatic hydroxyl groups excluding tert-OH is 1. The average Bonchev–Trinajstić information content (AvgIpc) is 3.04. The molecule has 3 N–H and O–H groups in total. The summed E-state index contributed by atoms with van der Waals surface area (Å²) in [6.07, 6.45) is 6.97. The number of aliphatic hydroxyl groups is 1. The van der Waals surface area contributed by atoms with Crippen molar-refractivity contribution >= 4 is 5.91 Å². The van der Waals surface area contributed by atoms with E-state index in [9.17, 15) is 15.0 Å². The van der Waals surface area contributed by atoms with Gasteiger partial charge in [0, 0.05) is 31.3 Å². The van der Waals surface area contributed by atoms with Gasteiger partial charge in [0.25, 0.3) is 0 Å². The molecule has 1 fully saturated rings. The molecule has 2 atom stereocenters. The Labute approximate surface area is 262 Å². The second kappa shape index (κ2) is 17.5. The molecule has 0 bridgehead atoms. The number of nitrogens with zero attached hydrogens (tertiary/aromatic N) is 1. The highest BCUT2D eigenvalue weighted by atomic mass is 16.5. The van der Waals surface area contributed by atoms with Gasteiger partial charge in [-0.1, -0.05) is 60.7 Å². The lowest BCUT2D eigenvalue weighted by Crippen LogP contribution is -2.48. The minimum atomic E-state index is -0.754. The molecule has 1 aliphatic heterocycles. The zero-order chi connectivity index (χ0) is 31.1. The van der Waals surface area contributed by atoms with Crippen LogP contribution in [0.1, 0.15) is 49.7 Å². The van der Waals surface area contributed by atoms with E-state index in [1.165, 1.54) is 31.4 Å². The normalized spacial score (nSPS) is 16.0. The fourth-order valence-corrected chi connectivity index (χ4v) is 5.98. The van der Waals surface area contributed by atoms with Crippen LogP contribution in [0.5, 0.6) is 23.0 Å². The van der Waals surface area contributed by atoms with Gasteiger partial charge in [-0.05, 0) is 69.0 Å². The SMILES string of the molecule is COc1cc(OCC(O)CN2CCCC(C(=O)NC(CCCc3ccccc3)CCCc3ccccc3)C2)cc(O)c1OC. The van der Waals surface area contributed by atoms with Crippen molar-refractivity contribution in [3.8, 4) is 23.0 Å². The van der Waals surface area contributed by atoms with Crippen LogP contribution in [0.4, 0.5) is 0 Å². The van der Waals surface area contributed by atoms with Crippen molar-refractivity contribution in [2.45, 2.75) is 63.5 Å². The number of rotatable bonds is 17. The highest BCUT2D eigenvalue weighted by Crippen LogP contribution is 2.40. The Morgan fingerprint density at radius 1 is 0.955 bits per heavy atom. The number of aryl methyl sites for hydroxylation is 2. The first-order valence-electron chi connectivity index (χ1n) is 15.8. The fraction of sp³-hybridized carbons (Fsp3) is 0.472. The maximum absolute atomic E-state index is 13.5. The molecule has 8 heteroatoms. The van der Waals surface area contributed by atoms with Gasteiger partial charge in [-0.25, -0.2) is 0 Å². The van der Waals surface area contributed by atoms with Crippen molar-refractivity contribution in [3.63, 3.8) is 0 Å². The van der Waals surface area contributed by atoms with E-state index in [-0.39, 0.29) is 36.0 Å². The van der Waals surface area contributed by atoms with Gasteiger partial charge in [0.15, 0.2) is 11.5 Å². The molecule has 44 heavy (non-hydrogen) atoms. The zero-order valence-corrected chi connectivity index (χ0v) is 26.1. The van der Waals surface area contributed by atoms with Gasteiger partial charge in [0.05, 0.1) is 20.1 Å². The van der Waals surface area contributed by atoms with Crippen molar-refractivity contribution in [2.75, 3.05) is 40.5 Å². The number of ether oxygens (including phenoxy) is 3. The number of likely N-dealkylation sites (tertiary alicyclic amines) is 1. The summed E-state index contributed by atoms with van der Waals surface area (Å²) in [5.41, 5.74) is 2.66. The molecule has 1 amide bonds. The maximum Gasteiger partial charge on any atom is 0.224 e. The largest absolute Gasteiger partial charge is 0.504 e. The topological polar surface area (TPSA) is 100 Å². The van der Waals surface area contributed by atoms with Crippen molar-refractivity contribution in [2.24, 2.45) is 5.92 Å². The van der Waals surface area contributed by atoms with Gasteiger partial charge in [0.2, 0.25) is 11.7 Å². The Kier molecular flexibility index (Phi) is 13.2. The minimum absolute atomic E-state index is 0.0488. The average molecular weight is 605 g/mol. The third-order valence-corrected chi connectivity index (χ3v) is 8.29. The van der Waals surface area contributed by atoms with Crippen LogP contribution in [0.3, 0.4) is 0 Å². The Bertz CT molecular complexity index is 1230. The third-order valence-electron chi connectivity index (χ3n) is 8.29. The predicted molar refractivity (Wildman–Crippen MR) is 173 cm³/mol. The second-order valence-corrected chi connectivity index (χ2v) is 11.7. The summed E-state index contributed by atoms with van der Waals surface area (Å²) < 4.78 is 16.2. The molecule has 1 heterocycles. The molecule has 0 radical (unpaired) electrons. The Hall–Kier alpha value is -3.75. The van der Waals surface area contributed by atoms with Gasteiger partial charge in [-0.3, -0.25) is 9.69 Å². The summed E-state index contributed by atoms with van der Waals surface area (Å²) in [5, 5.41) is 24.3. The number of benzene rings is 3. The summed E-state index contributed by atoms with van der Waals surface area (Å²) in [4.78, 5) is 15.6. The first-order valence-corrected chi connectivity index (χ1v) is 15.8. The molecule has 3 aromatic rings. The molecule has 1 saturated heterocycles. The molecule has 0 saturated carbocycles. The first kappa shape index (κ1) is 33.1. The van der Waals surface area contributed by atoms with Gasteiger partial charge < -0.3 is 29.7 Å². The number of carbonyl (C=O) groups excluding carboxylic acids is 1. The van der Waals surface area contributed by atoms with E-state index < -0.39 is 6.10 Å². The zero-order valence-electron chi connectivity index (χ0n) is 26.1. The molecule has 4 rings (SSSR count). The summed E-state index contributed by atoms with van der Waals surface area (Å²) >= 11 is 0. The number of methoxy groups -OCH3 is 2. The molecular weight excluding hydrogens is 556 g/mol. The molecule has 2 unspecified atom stereocenters. The van der Waals surface area contributed by atoms with Crippen molar-refractivity contribution in [1.29, 1.82) is 0 Å². The Morgan fingerprint density at radius 3 is 2.18 bits per heavy atom. The molecular formula is C36H48N2O6. The number of aromatic hydroxyl groups is 1. The van der Waals surface area contributed by atoms with E-state index >= 15 is 0 Å². The van der Waals surface area contributed by atoms with Crippen LogP contribution in [-0.4, -0.2) is 73.6 Å². The molecule has 238 valence electrons. The molecule has 0 aliphatic carbocycles.